The molecular weight excluding hydrogens is 455 g/mol. The maximum Gasteiger partial charge on any atom is 0.344 e. The zero-order valence-corrected chi connectivity index (χ0v) is 19.3. The van der Waals surface area contributed by atoms with Crippen LogP contribution in [0.5, 0.6) is 0 Å². The van der Waals surface area contributed by atoms with E-state index >= 15 is 0 Å². The second kappa shape index (κ2) is 10.0. The number of hydrogen-bond acceptors (Lipinski definition) is 5. The highest BCUT2D eigenvalue weighted by atomic mass is 35.5. The summed E-state index contributed by atoms with van der Waals surface area (Å²) in [5.41, 5.74) is 1.02. The van der Waals surface area contributed by atoms with E-state index in [1.165, 1.54) is 13.0 Å². The Labute approximate surface area is 194 Å². The van der Waals surface area contributed by atoms with Crippen LogP contribution < -0.4 is 10.7 Å². The summed E-state index contributed by atoms with van der Waals surface area (Å²) in [4.78, 5) is 37.0. The standard InChI is InChI=1S/C22H22Cl2N4O4/c1-4-28-15(12-27-9-8-19(26-27)25-13(3)29)11-18(30)20(22(31)32-5-2)21(28)14-6-7-16(23)17(24)10-14/h6-11H,4-5,12H2,1-3H3,(H,25,26,29). The quantitative estimate of drug-likeness (QED) is 0.514. The molecule has 1 amide bonds. The van der Waals surface area contributed by atoms with Crippen molar-refractivity contribution in [1.29, 1.82) is 0 Å². The summed E-state index contributed by atoms with van der Waals surface area (Å²) in [5, 5.41) is 7.57. The molecule has 0 saturated carbocycles. The van der Waals surface area contributed by atoms with Gasteiger partial charge in [0.25, 0.3) is 0 Å². The number of ether oxygens (including phenoxy) is 1. The minimum absolute atomic E-state index is 0.0739. The lowest BCUT2D eigenvalue weighted by Crippen LogP contribution is -2.25. The SMILES string of the molecule is CCOC(=O)c1c(-c2ccc(Cl)c(Cl)c2)n(CC)c(Cn2ccc(NC(C)=O)n2)cc1=O. The van der Waals surface area contributed by atoms with Gasteiger partial charge in [-0.05, 0) is 26.0 Å². The second-order valence-corrected chi connectivity index (χ2v) is 7.71. The molecule has 3 aromatic rings. The number of anilines is 1. The molecule has 1 aromatic carbocycles. The third-order valence-electron chi connectivity index (χ3n) is 4.66. The monoisotopic (exact) mass is 476 g/mol. The predicted molar refractivity (Wildman–Crippen MR) is 123 cm³/mol. The molecule has 10 heteroatoms. The normalized spacial score (nSPS) is 10.8. The third kappa shape index (κ3) is 5.03. The minimum Gasteiger partial charge on any atom is -0.462 e. The lowest BCUT2D eigenvalue weighted by molar-refractivity contribution is -0.114. The molecule has 8 nitrogen and oxygen atoms in total. The molecule has 0 aliphatic carbocycles. The number of amides is 1. The highest BCUT2D eigenvalue weighted by Gasteiger charge is 2.24. The summed E-state index contributed by atoms with van der Waals surface area (Å²) < 4.78 is 8.59. The summed E-state index contributed by atoms with van der Waals surface area (Å²) in [6.07, 6.45) is 1.69. The van der Waals surface area contributed by atoms with E-state index in [9.17, 15) is 14.4 Å². The number of esters is 1. The number of carbonyl (C=O) groups excluding carboxylic acids is 2. The van der Waals surface area contributed by atoms with Crippen LogP contribution in [-0.4, -0.2) is 32.8 Å². The van der Waals surface area contributed by atoms with Crippen molar-refractivity contribution in [3.05, 3.63) is 68.1 Å². The first kappa shape index (κ1) is 23.6. The number of hydrogen-bond donors (Lipinski definition) is 1. The number of benzene rings is 1. The molecule has 0 saturated heterocycles. The van der Waals surface area contributed by atoms with Crippen molar-refractivity contribution < 1.29 is 14.3 Å². The molecule has 0 atom stereocenters. The molecule has 3 rings (SSSR count). The van der Waals surface area contributed by atoms with Crippen LogP contribution in [-0.2, 0) is 22.6 Å². The Morgan fingerprint density at radius 3 is 2.50 bits per heavy atom. The van der Waals surface area contributed by atoms with E-state index in [1.807, 2.05) is 11.5 Å². The zero-order chi connectivity index (χ0) is 23.4. The van der Waals surface area contributed by atoms with Gasteiger partial charge in [0.15, 0.2) is 11.2 Å². The van der Waals surface area contributed by atoms with Gasteiger partial charge < -0.3 is 14.6 Å². The average molecular weight is 477 g/mol. The Morgan fingerprint density at radius 2 is 1.88 bits per heavy atom. The van der Waals surface area contributed by atoms with Gasteiger partial charge in [-0.2, -0.15) is 5.10 Å². The molecule has 0 fully saturated rings. The Morgan fingerprint density at radius 1 is 1.12 bits per heavy atom. The number of halogens is 2. The van der Waals surface area contributed by atoms with Crippen LogP contribution >= 0.6 is 23.2 Å². The van der Waals surface area contributed by atoms with E-state index < -0.39 is 11.4 Å². The average Bonchev–Trinajstić information content (AvgIpc) is 3.15. The van der Waals surface area contributed by atoms with Gasteiger partial charge in [-0.1, -0.05) is 29.3 Å². The van der Waals surface area contributed by atoms with Crippen LogP contribution in [0.2, 0.25) is 10.0 Å². The van der Waals surface area contributed by atoms with E-state index in [0.717, 1.165) is 0 Å². The lowest BCUT2D eigenvalue weighted by atomic mass is 10.0. The van der Waals surface area contributed by atoms with E-state index in [4.69, 9.17) is 27.9 Å². The van der Waals surface area contributed by atoms with Crippen molar-refractivity contribution in [3.63, 3.8) is 0 Å². The Kier molecular flexibility index (Phi) is 7.37. The molecule has 0 unspecified atom stereocenters. The molecule has 0 aliphatic rings. The van der Waals surface area contributed by atoms with Crippen LogP contribution in [0.1, 0.15) is 36.8 Å². The molecule has 0 spiro atoms. The number of carbonyl (C=O) groups is 2. The molecule has 1 N–H and O–H groups in total. The number of rotatable bonds is 7. The number of nitrogens with one attached hydrogen (secondary N) is 1. The van der Waals surface area contributed by atoms with Gasteiger partial charge >= 0.3 is 5.97 Å². The van der Waals surface area contributed by atoms with Gasteiger partial charge in [0.1, 0.15) is 5.56 Å². The first-order valence-corrected chi connectivity index (χ1v) is 10.7. The molecule has 0 bridgehead atoms. The highest BCUT2D eigenvalue weighted by Crippen LogP contribution is 2.31. The fraction of sp³-hybridized carbons (Fsp3) is 0.273. The van der Waals surface area contributed by atoms with Crippen LogP contribution in [0.25, 0.3) is 11.3 Å². The zero-order valence-electron chi connectivity index (χ0n) is 17.8. The minimum atomic E-state index is -0.709. The molecule has 2 heterocycles. The first-order valence-electron chi connectivity index (χ1n) is 9.95. The predicted octanol–water partition coefficient (Wildman–Crippen LogP) is 4.22. The lowest BCUT2D eigenvalue weighted by Gasteiger charge is -2.20. The number of aromatic nitrogens is 3. The fourth-order valence-electron chi connectivity index (χ4n) is 3.40. The molecule has 2 aromatic heterocycles. The topological polar surface area (TPSA) is 95.2 Å². The van der Waals surface area contributed by atoms with Gasteiger partial charge in [-0.15, -0.1) is 0 Å². The maximum absolute atomic E-state index is 13.1. The fourth-order valence-corrected chi connectivity index (χ4v) is 3.69. The largest absolute Gasteiger partial charge is 0.462 e. The molecule has 0 aliphatic heterocycles. The Bertz CT molecular complexity index is 1230. The van der Waals surface area contributed by atoms with Crippen molar-refractivity contribution in [3.8, 4) is 11.3 Å². The van der Waals surface area contributed by atoms with Gasteiger partial charge in [0.05, 0.1) is 28.9 Å². The smallest absolute Gasteiger partial charge is 0.344 e. The maximum atomic E-state index is 13.1. The summed E-state index contributed by atoms with van der Waals surface area (Å²) in [6, 6.07) is 7.97. The Hall–Kier alpha value is -3.10. The van der Waals surface area contributed by atoms with Crippen LogP contribution in [0.15, 0.2) is 41.3 Å². The summed E-state index contributed by atoms with van der Waals surface area (Å²) in [5.74, 6) is -0.545. The van der Waals surface area contributed by atoms with E-state index in [2.05, 4.69) is 10.4 Å². The Balaban J connectivity index is 2.19. The molecule has 32 heavy (non-hydrogen) atoms. The van der Waals surface area contributed by atoms with Crippen LogP contribution in [0.3, 0.4) is 0 Å². The van der Waals surface area contributed by atoms with Gasteiger partial charge in [0.2, 0.25) is 5.91 Å². The number of nitrogens with zero attached hydrogens (tertiary/aromatic N) is 3. The third-order valence-corrected chi connectivity index (χ3v) is 5.39. The van der Waals surface area contributed by atoms with Gasteiger partial charge in [-0.25, -0.2) is 4.79 Å². The van der Waals surface area contributed by atoms with Crippen LogP contribution in [0, 0.1) is 0 Å². The second-order valence-electron chi connectivity index (χ2n) is 6.90. The van der Waals surface area contributed by atoms with E-state index in [1.54, 1.807) is 42.1 Å². The summed E-state index contributed by atoms with van der Waals surface area (Å²) in [6.45, 7) is 5.79. The summed E-state index contributed by atoms with van der Waals surface area (Å²) in [7, 11) is 0. The van der Waals surface area contributed by atoms with Gasteiger partial charge in [-0.3, -0.25) is 14.3 Å². The van der Waals surface area contributed by atoms with Crippen LogP contribution in [0.4, 0.5) is 5.82 Å². The van der Waals surface area contributed by atoms with Crippen molar-refractivity contribution in [2.45, 2.75) is 33.9 Å². The molecule has 168 valence electrons. The van der Waals surface area contributed by atoms with Crippen molar-refractivity contribution in [2.75, 3.05) is 11.9 Å². The van der Waals surface area contributed by atoms with E-state index in [-0.39, 0.29) is 24.6 Å². The van der Waals surface area contributed by atoms with Gasteiger partial charge in [0, 0.05) is 43.1 Å². The highest BCUT2D eigenvalue weighted by molar-refractivity contribution is 6.42. The van der Waals surface area contributed by atoms with Crippen molar-refractivity contribution in [2.24, 2.45) is 0 Å². The van der Waals surface area contributed by atoms with E-state index in [0.29, 0.717) is 39.4 Å². The number of pyridine rings is 1. The molecular formula is C22H22Cl2N4O4. The molecule has 0 radical (unpaired) electrons. The van der Waals surface area contributed by atoms with Crippen molar-refractivity contribution in [1.82, 2.24) is 14.3 Å². The first-order chi connectivity index (χ1) is 15.2. The summed E-state index contributed by atoms with van der Waals surface area (Å²) >= 11 is 12.3. The van der Waals surface area contributed by atoms with Crippen molar-refractivity contribution >= 4 is 40.9 Å².